The lowest BCUT2D eigenvalue weighted by Crippen LogP contribution is -2.44. The molecule has 23 heavy (non-hydrogen) atoms. The molecule has 2 N–H and O–H groups in total. The van der Waals surface area contributed by atoms with Gasteiger partial charge in [0, 0.05) is 30.5 Å². The van der Waals surface area contributed by atoms with Crippen molar-refractivity contribution in [1.82, 2.24) is 14.7 Å². The third kappa shape index (κ3) is 3.28. The van der Waals surface area contributed by atoms with E-state index in [4.69, 9.17) is 0 Å². The van der Waals surface area contributed by atoms with Crippen molar-refractivity contribution in [3.63, 3.8) is 0 Å². The lowest BCUT2D eigenvalue weighted by atomic mass is 9.88. The SMILES string of the molecule is CCCn1nc(C(=O)O)c2c1CCC(N1CCC(CO)CC1)C2. The first-order valence-corrected chi connectivity index (χ1v) is 8.80. The van der Waals surface area contributed by atoms with Gasteiger partial charge in [-0.15, -0.1) is 0 Å². The number of hydrogen-bond donors (Lipinski definition) is 2. The number of likely N-dealkylation sites (tertiary alicyclic amines) is 1. The first-order chi connectivity index (χ1) is 11.1. The number of aromatic carboxylic acids is 1. The van der Waals surface area contributed by atoms with Gasteiger partial charge in [-0.2, -0.15) is 5.10 Å². The molecule has 0 saturated carbocycles. The van der Waals surface area contributed by atoms with E-state index < -0.39 is 5.97 Å². The molecule has 1 aliphatic carbocycles. The van der Waals surface area contributed by atoms with Crippen LogP contribution in [0.2, 0.25) is 0 Å². The van der Waals surface area contributed by atoms with Crippen molar-refractivity contribution in [3.05, 3.63) is 17.0 Å². The Hall–Kier alpha value is -1.40. The number of aliphatic hydroxyl groups excluding tert-OH is 1. The fourth-order valence-electron chi connectivity index (χ4n) is 4.05. The quantitative estimate of drug-likeness (QED) is 0.860. The third-order valence-electron chi connectivity index (χ3n) is 5.38. The second-order valence-corrected chi connectivity index (χ2v) is 6.86. The van der Waals surface area contributed by atoms with E-state index >= 15 is 0 Å². The molecule has 1 atom stereocenters. The molecule has 128 valence electrons. The molecule has 0 amide bonds. The molecule has 0 spiro atoms. The topological polar surface area (TPSA) is 78.6 Å². The van der Waals surface area contributed by atoms with Gasteiger partial charge in [0.2, 0.25) is 0 Å². The maximum atomic E-state index is 11.5. The molecule has 1 aliphatic heterocycles. The summed E-state index contributed by atoms with van der Waals surface area (Å²) in [5.41, 5.74) is 2.33. The van der Waals surface area contributed by atoms with Crippen LogP contribution in [-0.2, 0) is 19.4 Å². The van der Waals surface area contributed by atoms with E-state index in [0.717, 1.165) is 69.4 Å². The van der Waals surface area contributed by atoms with Crippen LogP contribution in [0.15, 0.2) is 0 Å². The van der Waals surface area contributed by atoms with Crippen LogP contribution >= 0.6 is 0 Å². The Morgan fingerprint density at radius 1 is 1.30 bits per heavy atom. The zero-order chi connectivity index (χ0) is 16.4. The molecule has 6 nitrogen and oxygen atoms in total. The number of carboxylic acids is 1. The molecule has 1 aromatic rings. The average Bonchev–Trinajstić information content (AvgIpc) is 2.93. The third-order valence-corrected chi connectivity index (χ3v) is 5.38. The Balaban J connectivity index is 1.76. The predicted molar refractivity (Wildman–Crippen MR) is 86.7 cm³/mol. The summed E-state index contributed by atoms with van der Waals surface area (Å²) < 4.78 is 1.91. The minimum Gasteiger partial charge on any atom is -0.476 e. The van der Waals surface area contributed by atoms with Crippen molar-refractivity contribution < 1.29 is 15.0 Å². The number of aliphatic hydroxyl groups is 1. The van der Waals surface area contributed by atoms with E-state index in [-0.39, 0.29) is 12.3 Å². The minimum atomic E-state index is -0.907. The number of fused-ring (bicyclic) bond motifs is 1. The second kappa shape index (κ2) is 7.01. The Bertz CT molecular complexity index is 562. The maximum absolute atomic E-state index is 11.5. The lowest BCUT2D eigenvalue weighted by Gasteiger charge is -2.39. The van der Waals surface area contributed by atoms with Crippen molar-refractivity contribution in [1.29, 1.82) is 0 Å². The van der Waals surface area contributed by atoms with E-state index in [0.29, 0.717) is 12.0 Å². The van der Waals surface area contributed by atoms with Gasteiger partial charge >= 0.3 is 5.97 Å². The van der Waals surface area contributed by atoms with Crippen LogP contribution in [0.5, 0.6) is 0 Å². The van der Waals surface area contributed by atoms with E-state index in [9.17, 15) is 15.0 Å². The highest BCUT2D eigenvalue weighted by molar-refractivity contribution is 5.87. The summed E-state index contributed by atoms with van der Waals surface area (Å²) in [5, 5.41) is 23.1. The van der Waals surface area contributed by atoms with Crippen LogP contribution in [0.25, 0.3) is 0 Å². The normalized spacial score (nSPS) is 23.0. The number of nitrogens with zero attached hydrogens (tertiary/aromatic N) is 3. The fraction of sp³-hybridized carbons (Fsp3) is 0.765. The van der Waals surface area contributed by atoms with E-state index in [2.05, 4.69) is 16.9 Å². The first-order valence-electron chi connectivity index (χ1n) is 8.80. The van der Waals surface area contributed by atoms with Crippen molar-refractivity contribution in [3.8, 4) is 0 Å². The smallest absolute Gasteiger partial charge is 0.356 e. The maximum Gasteiger partial charge on any atom is 0.356 e. The number of aryl methyl sites for hydroxylation is 1. The number of carbonyl (C=O) groups is 1. The Labute approximate surface area is 137 Å². The molecule has 6 heteroatoms. The van der Waals surface area contributed by atoms with Crippen LogP contribution in [0, 0.1) is 5.92 Å². The summed E-state index contributed by atoms with van der Waals surface area (Å²) >= 11 is 0. The van der Waals surface area contributed by atoms with Crippen LogP contribution in [0.4, 0.5) is 0 Å². The summed E-state index contributed by atoms with van der Waals surface area (Å²) in [4.78, 5) is 14.0. The summed E-state index contributed by atoms with van der Waals surface area (Å²) in [6.07, 6.45) is 5.84. The molecular formula is C17H27N3O3. The van der Waals surface area contributed by atoms with Gasteiger partial charge in [0.25, 0.3) is 0 Å². The molecule has 2 aliphatic rings. The number of aromatic nitrogens is 2. The molecular weight excluding hydrogens is 294 g/mol. The lowest BCUT2D eigenvalue weighted by molar-refractivity contribution is 0.0685. The van der Waals surface area contributed by atoms with Gasteiger partial charge in [-0.05, 0) is 57.5 Å². The highest BCUT2D eigenvalue weighted by Gasteiger charge is 2.33. The van der Waals surface area contributed by atoms with Gasteiger partial charge in [-0.1, -0.05) is 6.92 Å². The monoisotopic (exact) mass is 321 g/mol. The Kier molecular flexibility index (Phi) is 5.02. The highest BCUT2D eigenvalue weighted by atomic mass is 16.4. The molecule has 1 saturated heterocycles. The van der Waals surface area contributed by atoms with E-state index in [1.54, 1.807) is 0 Å². The van der Waals surface area contributed by atoms with Crippen molar-refractivity contribution >= 4 is 5.97 Å². The summed E-state index contributed by atoms with van der Waals surface area (Å²) in [5.74, 6) is -0.469. The predicted octanol–water partition coefficient (Wildman–Crippen LogP) is 1.55. The highest BCUT2D eigenvalue weighted by Crippen LogP contribution is 2.30. The molecule has 0 radical (unpaired) electrons. The second-order valence-electron chi connectivity index (χ2n) is 6.86. The molecule has 1 fully saturated rings. The molecule has 2 heterocycles. The number of carboxylic acid groups (broad SMARTS) is 1. The summed E-state index contributed by atoms with van der Waals surface area (Å²) in [7, 11) is 0. The van der Waals surface area contributed by atoms with Crippen LogP contribution < -0.4 is 0 Å². The zero-order valence-corrected chi connectivity index (χ0v) is 13.9. The van der Waals surface area contributed by atoms with Gasteiger partial charge in [0.15, 0.2) is 5.69 Å². The van der Waals surface area contributed by atoms with Crippen molar-refractivity contribution in [2.24, 2.45) is 5.92 Å². The minimum absolute atomic E-state index is 0.253. The number of piperidine rings is 1. The summed E-state index contributed by atoms with van der Waals surface area (Å²) in [6.45, 7) is 5.19. The van der Waals surface area contributed by atoms with Crippen LogP contribution in [-0.4, -0.2) is 56.6 Å². The number of rotatable bonds is 5. The van der Waals surface area contributed by atoms with Gasteiger partial charge in [-0.3, -0.25) is 4.68 Å². The molecule has 1 aromatic heterocycles. The van der Waals surface area contributed by atoms with Gasteiger partial charge in [0.05, 0.1) is 0 Å². The molecule has 1 unspecified atom stereocenters. The first kappa shape index (κ1) is 16.5. The Morgan fingerprint density at radius 2 is 2.04 bits per heavy atom. The van der Waals surface area contributed by atoms with Gasteiger partial charge < -0.3 is 15.1 Å². The van der Waals surface area contributed by atoms with E-state index in [1.807, 2.05) is 4.68 Å². The zero-order valence-electron chi connectivity index (χ0n) is 13.9. The summed E-state index contributed by atoms with van der Waals surface area (Å²) in [6, 6.07) is 0.416. The van der Waals surface area contributed by atoms with E-state index in [1.165, 1.54) is 0 Å². The Morgan fingerprint density at radius 3 is 2.65 bits per heavy atom. The molecule has 0 aromatic carbocycles. The van der Waals surface area contributed by atoms with Crippen molar-refractivity contribution in [2.75, 3.05) is 19.7 Å². The average molecular weight is 321 g/mol. The largest absolute Gasteiger partial charge is 0.476 e. The molecule has 3 rings (SSSR count). The van der Waals surface area contributed by atoms with Gasteiger partial charge in [0.1, 0.15) is 0 Å². The standard InChI is InChI=1S/C17H27N3O3/c1-2-7-20-15-4-3-13(10-14(15)16(18-20)17(22)23)19-8-5-12(11-21)6-9-19/h12-13,21H,2-11H2,1H3,(H,22,23). The number of hydrogen-bond acceptors (Lipinski definition) is 4. The van der Waals surface area contributed by atoms with Crippen molar-refractivity contribution in [2.45, 2.75) is 58.0 Å². The van der Waals surface area contributed by atoms with Gasteiger partial charge in [-0.25, -0.2) is 4.79 Å². The molecule has 0 bridgehead atoms. The van der Waals surface area contributed by atoms with Crippen LogP contribution in [0.1, 0.15) is 54.4 Å². The van der Waals surface area contributed by atoms with Crippen LogP contribution in [0.3, 0.4) is 0 Å². The fourth-order valence-corrected chi connectivity index (χ4v) is 4.05.